The Bertz CT molecular complexity index is 495. The van der Waals surface area contributed by atoms with Gasteiger partial charge in [-0.3, -0.25) is 9.59 Å². The highest BCUT2D eigenvalue weighted by Gasteiger charge is 2.19. The molecule has 5 nitrogen and oxygen atoms in total. The maximum atomic E-state index is 13.6. The lowest BCUT2D eigenvalue weighted by atomic mass is 10.2. The van der Waals surface area contributed by atoms with Crippen LogP contribution in [0.5, 0.6) is 0 Å². The maximum Gasteiger partial charge on any atom is 0.240 e. The Morgan fingerprint density at radius 2 is 2.05 bits per heavy atom. The predicted octanol–water partition coefficient (Wildman–Crippen LogP) is 1.08. The topological polar surface area (TPSA) is 58.6 Å². The van der Waals surface area contributed by atoms with E-state index in [4.69, 9.17) is 4.74 Å². The van der Waals surface area contributed by atoms with Gasteiger partial charge in [-0.2, -0.15) is 0 Å². The number of nitrogens with zero attached hydrogens (tertiary/aromatic N) is 1. The molecule has 2 amide bonds. The van der Waals surface area contributed by atoms with Crippen LogP contribution in [0.25, 0.3) is 0 Å². The number of ether oxygens (including phenoxy) is 1. The lowest BCUT2D eigenvalue weighted by Gasteiger charge is -2.21. The van der Waals surface area contributed by atoms with Crippen molar-refractivity contribution in [1.82, 2.24) is 5.32 Å². The molecule has 0 unspecified atom stereocenters. The molecule has 0 spiro atoms. The Balaban J connectivity index is 2.79. The van der Waals surface area contributed by atoms with E-state index in [9.17, 15) is 18.4 Å². The molecule has 1 aromatic carbocycles. The number of benzene rings is 1. The van der Waals surface area contributed by atoms with Gasteiger partial charge in [-0.25, -0.2) is 8.78 Å². The summed E-state index contributed by atoms with van der Waals surface area (Å²) in [6.45, 7) is 1.47. The van der Waals surface area contributed by atoms with Crippen LogP contribution in [0, 0.1) is 11.6 Å². The molecule has 110 valence electrons. The summed E-state index contributed by atoms with van der Waals surface area (Å²) >= 11 is 0. The van der Waals surface area contributed by atoms with Crippen LogP contribution in [0.1, 0.15) is 6.92 Å². The first kappa shape index (κ1) is 16.0. The van der Waals surface area contributed by atoms with Crippen LogP contribution in [0.2, 0.25) is 0 Å². The van der Waals surface area contributed by atoms with Gasteiger partial charge < -0.3 is 15.0 Å². The zero-order chi connectivity index (χ0) is 15.1. The summed E-state index contributed by atoms with van der Waals surface area (Å²) in [7, 11) is 1.49. The minimum absolute atomic E-state index is 0.138. The lowest BCUT2D eigenvalue weighted by Crippen LogP contribution is -2.41. The fourth-order valence-electron chi connectivity index (χ4n) is 1.56. The molecule has 0 atom stereocenters. The standard InChI is InChI=1S/C13H16F2N2O3/c1-9(18)17(8-13(19)16-5-6-20-2)12-4-3-10(14)7-11(12)15/h3-4,7H,5-6,8H2,1-2H3,(H,16,19). The largest absolute Gasteiger partial charge is 0.383 e. The van der Waals surface area contributed by atoms with Crippen LogP contribution < -0.4 is 10.2 Å². The number of anilines is 1. The monoisotopic (exact) mass is 286 g/mol. The Morgan fingerprint density at radius 1 is 1.35 bits per heavy atom. The van der Waals surface area contributed by atoms with Crippen molar-refractivity contribution in [3.63, 3.8) is 0 Å². The summed E-state index contributed by atoms with van der Waals surface area (Å²) in [4.78, 5) is 24.1. The minimum Gasteiger partial charge on any atom is -0.383 e. The van der Waals surface area contributed by atoms with Crippen molar-refractivity contribution in [1.29, 1.82) is 0 Å². The Hall–Kier alpha value is -2.02. The normalized spacial score (nSPS) is 10.2. The molecule has 0 aliphatic rings. The fraction of sp³-hybridized carbons (Fsp3) is 0.385. The molecule has 20 heavy (non-hydrogen) atoms. The van der Waals surface area contributed by atoms with E-state index in [0.29, 0.717) is 12.7 Å². The highest BCUT2D eigenvalue weighted by atomic mass is 19.1. The maximum absolute atomic E-state index is 13.6. The quantitative estimate of drug-likeness (QED) is 0.796. The predicted molar refractivity (Wildman–Crippen MR) is 69.3 cm³/mol. The SMILES string of the molecule is COCCNC(=O)CN(C(C)=O)c1ccc(F)cc1F. The summed E-state index contributed by atoms with van der Waals surface area (Å²) in [6.07, 6.45) is 0. The molecule has 1 N–H and O–H groups in total. The van der Waals surface area contributed by atoms with E-state index in [-0.39, 0.29) is 18.8 Å². The summed E-state index contributed by atoms with van der Waals surface area (Å²) in [5.74, 6) is -2.62. The summed E-state index contributed by atoms with van der Waals surface area (Å²) in [5.41, 5.74) is -0.138. The number of hydrogen-bond acceptors (Lipinski definition) is 3. The summed E-state index contributed by atoms with van der Waals surface area (Å²) in [5, 5.41) is 2.52. The Morgan fingerprint density at radius 3 is 2.60 bits per heavy atom. The molecular formula is C13H16F2N2O3. The third-order valence-corrected chi connectivity index (χ3v) is 2.51. The van der Waals surface area contributed by atoms with Gasteiger partial charge in [-0.1, -0.05) is 0 Å². The van der Waals surface area contributed by atoms with E-state index in [1.54, 1.807) is 0 Å². The number of hydrogen-bond donors (Lipinski definition) is 1. The number of carbonyl (C=O) groups is 2. The molecular weight excluding hydrogens is 270 g/mol. The average molecular weight is 286 g/mol. The molecule has 0 saturated carbocycles. The van der Waals surface area contributed by atoms with Crippen LogP contribution in [0.4, 0.5) is 14.5 Å². The van der Waals surface area contributed by atoms with E-state index in [1.165, 1.54) is 14.0 Å². The van der Waals surface area contributed by atoms with Crippen molar-refractivity contribution in [3.8, 4) is 0 Å². The summed E-state index contributed by atoms with van der Waals surface area (Å²) in [6, 6.07) is 2.81. The Kier molecular flexibility index (Phi) is 6.05. The molecule has 1 rings (SSSR count). The molecule has 7 heteroatoms. The van der Waals surface area contributed by atoms with Crippen LogP contribution in [0.3, 0.4) is 0 Å². The van der Waals surface area contributed by atoms with E-state index >= 15 is 0 Å². The van der Waals surface area contributed by atoms with Crippen LogP contribution in [0.15, 0.2) is 18.2 Å². The molecule has 0 aliphatic heterocycles. The molecule has 0 radical (unpaired) electrons. The van der Waals surface area contributed by atoms with E-state index < -0.39 is 23.4 Å². The highest BCUT2D eigenvalue weighted by molar-refractivity contribution is 5.97. The van der Waals surface area contributed by atoms with Crippen molar-refractivity contribution in [2.75, 3.05) is 31.7 Å². The average Bonchev–Trinajstić information content (AvgIpc) is 2.37. The van der Waals surface area contributed by atoms with Crippen LogP contribution in [-0.4, -0.2) is 38.6 Å². The van der Waals surface area contributed by atoms with Gasteiger partial charge in [0.25, 0.3) is 0 Å². The van der Waals surface area contributed by atoms with Gasteiger partial charge >= 0.3 is 0 Å². The number of nitrogens with one attached hydrogen (secondary N) is 1. The molecule has 0 aromatic heterocycles. The Labute approximate surface area is 115 Å². The first-order chi connectivity index (χ1) is 9.45. The number of carbonyl (C=O) groups excluding carboxylic acids is 2. The van der Waals surface area contributed by atoms with Crippen molar-refractivity contribution in [2.24, 2.45) is 0 Å². The van der Waals surface area contributed by atoms with Gasteiger partial charge in [0.1, 0.15) is 18.2 Å². The molecule has 0 aliphatic carbocycles. The zero-order valence-corrected chi connectivity index (χ0v) is 11.3. The van der Waals surface area contributed by atoms with Crippen molar-refractivity contribution < 1.29 is 23.1 Å². The van der Waals surface area contributed by atoms with Crippen LogP contribution in [-0.2, 0) is 14.3 Å². The number of rotatable bonds is 6. The fourth-order valence-corrected chi connectivity index (χ4v) is 1.56. The molecule has 0 saturated heterocycles. The smallest absolute Gasteiger partial charge is 0.240 e. The summed E-state index contributed by atoms with van der Waals surface area (Å²) < 4.78 is 31.2. The second-order valence-corrected chi connectivity index (χ2v) is 4.04. The molecule has 0 heterocycles. The minimum atomic E-state index is -0.898. The van der Waals surface area contributed by atoms with Crippen molar-refractivity contribution >= 4 is 17.5 Å². The third-order valence-electron chi connectivity index (χ3n) is 2.51. The van der Waals surface area contributed by atoms with Gasteiger partial charge in [0.05, 0.1) is 12.3 Å². The van der Waals surface area contributed by atoms with Crippen LogP contribution >= 0.6 is 0 Å². The zero-order valence-electron chi connectivity index (χ0n) is 11.3. The number of methoxy groups -OCH3 is 1. The second-order valence-electron chi connectivity index (χ2n) is 4.04. The van der Waals surface area contributed by atoms with E-state index in [1.807, 2.05) is 0 Å². The van der Waals surface area contributed by atoms with Gasteiger partial charge in [0.2, 0.25) is 11.8 Å². The number of amides is 2. The molecule has 0 bridgehead atoms. The van der Waals surface area contributed by atoms with Gasteiger partial charge in [0, 0.05) is 26.6 Å². The first-order valence-electron chi connectivity index (χ1n) is 5.94. The van der Waals surface area contributed by atoms with E-state index in [2.05, 4.69) is 5.32 Å². The van der Waals surface area contributed by atoms with Gasteiger partial charge in [0.15, 0.2) is 0 Å². The van der Waals surface area contributed by atoms with Crippen molar-refractivity contribution in [2.45, 2.75) is 6.92 Å². The highest BCUT2D eigenvalue weighted by Crippen LogP contribution is 2.20. The first-order valence-corrected chi connectivity index (χ1v) is 5.94. The van der Waals surface area contributed by atoms with Gasteiger partial charge in [-0.05, 0) is 12.1 Å². The molecule has 0 fully saturated rings. The number of halogens is 2. The van der Waals surface area contributed by atoms with Gasteiger partial charge in [-0.15, -0.1) is 0 Å². The third kappa shape index (κ3) is 4.58. The second kappa shape index (κ2) is 7.54. The van der Waals surface area contributed by atoms with Crippen molar-refractivity contribution in [3.05, 3.63) is 29.8 Å². The van der Waals surface area contributed by atoms with E-state index in [0.717, 1.165) is 17.0 Å². The lowest BCUT2D eigenvalue weighted by molar-refractivity contribution is -0.123. The molecule has 1 aromatic rings.